The molecule has 4 rings (SSSR count). The first kappa shape index (κ1) is 15.0. The third kappa shape index (κ3) is 2.82. The van der Waals surface area contributed by atoms with Crippen molar-refractivity contribution in [3.8, 4) is 5.75 Å². The molecule has 7 nitrogen and oxygen atoms in total. The summed E-state index contributed by atoms with van der Waals surface area (Å²) in [6.07, 6.45) is 7.90. The molecule has 7 heteroatoms. The highest BCUT2D eigenvalue weighted by Crippen LogP contribution is 2.33. The second-order valence-electron chi connectivity index (χ2n) is 5.92. The molecule has 0 unspecified atom stereocenters. The SMILES string of the molecule is O=C(c1ccncn1)N1CCO[C@H]2[C@H](Oc3cccnc3)CC[C@@H]21. The Kier molecular flexibility index (Phi) is 4.08. The van der Waals surface area contributed by atoms with E-state index in [0.29, 0.717) is 18.8 Å². The number of hydrogen-bond donors (Lipinski definition) is 0. The topological polar surface area (TPSA) is 77.4 Å². The van der Waals surface area contributed by atoms with E-state index in [-0.39, 0.29) is 24.2 Å². The molecule has 2 aromatic heterocycles. The maximum absolute atomic E-state index is 12.7. The van der Waals surface area contributed by atoms with Gasteiger partial charge in [-0.1, -0.05) is 0 Å². The Bertz CT molecular complexity index is 697. The lowest BCUT2D eigenvalue weighted by molar-refractivity contribution is -0.0787. The van der Waals surface area contributed by atoms with Crippen molar-refractivity contribution in [3.05, 3.63) is 48.8 Å². The molecule has 0 radical (unpaired) electrons. The Hall–Kier alpha value is -2.54. The maximum atomic E-state index is 12.7. The molecule has 0 N–H and O–H groups in total. The number of carbonyl (C=O) groups excluding carboxylic acids is 1. The van der Waals surface area contributed by atoms with Crippen molar-refractivity contribution < 1.29 is 14.3 Å². The molecule has 0 bridgehead atoms. The molecule has 1 amide bonds. The number of aromatic nitrogens is 3. The number of hydrogen-bond acceptors (Lipinski definition) is 6. The number of rotatable bonds is 3. The zero-order valence-corrected chi connectivity index (χ0v) is 13.1. The van der Waals surface area contributed by atoms with Gasteiger partial charge in [-0.3, -0.25) is 9.78 Å². The van der Waals surface area contributed by atoms with Gasteiger partial charge in [-0.25, -0.2) is 9.97 Å². The molecule has 1 saturated heterocycles. The summed E-state index contributed by atoms with van der Waals surface area (Å²) in [7, 11) is 0. The first-order valence-corrected chi connectivity index (χ1v) is 8.08. The van der Waals surface area contributed by atoms with Crippen molar-refractivity contribution in [2.75, 3.05) is 13.2 Å². The fraction of sp³-hybridized carbons (Fsp3) is 0.412. The van der Waals surface area contributed by atoms with Crippen LogP contribution in [0.5, 0.6) is 5.75 Å². The highest BCUT2D eigenvalue weighted by molar-refractivity contribution is 5.92. The summed E-state index contributed by atoms with van der Waals surface area (Å²) < 4.78 is 12.0. The lowest BCUT2D eigenvalue weighted by Crippen LogP contribution is -2.54. The summed E-state index contributed by atoms with van der Waals surface area (Å²) in [5.74, 6) is 0.656. The van der Waals surface area contributed by atoms with E-state index in [1.165, 1.54) is 6.33 Å². The molecule has 1 aliphatic carbocycles. The summed E-state index contributed by atoms with van der Waals surface area (Å²) >= 11 is 0. The number of nitrogens with zero attached hydrogens (tertiary/aromatic N) is 4. The van der Waals surface area contributed by atoms with Crippen LogP contribution in [0.3, 0.4) is 0 Å². The van der Waals surface area contributed by atoms with Crippen molar-refractivity contribution in [2.45, 2.75) is 31.1 Å². The second kappa shape index (κ2) is 6.52. The zero-order chi connectivity index (χ0) is 16.4. The molecule has 1 aliphatic heterocycles. The fourth-order valence-electron chi connectivity index (χ4n) is 3.45. The minimum Gasteiger partial charge on any atom is -0.486 e. The van der Waals surface area contributed by atoms with E-state index >= 15 is 0 Å². The van der Waals surface area contributed by atoms with Crippen molar-refractivity contribution in [1.29, 1.82) is 0 Å². The number of amides is 1. The van der Waals surface area contributed by atoms with Crippen LogP contribution in [-0.2, 0) is 4.74 Å². The van der Waals surface area contributed by atoms with Crippen LogP contribution < -0.4 is 4.74 Å². The van der Waals surface area contributed by atoms with E-state index in [1.807, 2.05) is 17.0 Å². The van der Waals surface area contributed by atoms with Crippen molar-refractivity contribution in [2.24, 2.45) is 0 Å². The lowest BCUT2D eigenvalue weighted by Gasteiger charge is -2.38. The normalized spacial score (nSPS) is 26.0. The first-order valence-electron chi connectivity index (χ1n) is 8.08. The summed E-state index contributed by atoms with van der Waals surface area (Å²) in [4.78, 5) is 26.6. The van der Waals surface area contributed by atoms with Gasteiger partial charge >= 0.3 is 0 Å². The molecule has 0 aromatic carbocycles. The molecular formula is C17H18N4O3. The highest BCUT2D eigenvalue weighted by Gasteiger charge is 2.46. The van der Waals surface area contributed by atoms with E-state index in [9.17, 15) is 4.79 Å². The highest BCUT2D eigenvalue weighted by atomic mass is 16.5. The van der Waals surface area contributed by atoms with Crippen LogP contribution in [0.1, 0.15) is 23.3 Å². The average Bonchev–Trinajstić information content (AvgIpc) is 3.06. The lowest BCUT2D eigenvalue weighted by atomic mass is 10.1. The molecular weight excluding hydrogens is 308 g/mol. The Labute approximate surface area is 139 Å². The van der Waals surface area contributed by atoms with Gasteiger partial charge in [-0.15, -0.1) is 0 Å². The van der Waals surface area contributed by atoms with Crippen molar-refractivity contribution >= 4 is 5.91 Å². The summed E-state index contributed by atoms with van der Waals surface area (Å²) in [6, 6.07) is 5.38. The second-order valence-corrected chi connectivity index (χ2v) is 5.92. The van der Waals surface area contributed by atoms with E-state index in [1.54, 1.807) is 24.7 Å². The summed E-state index contributed by atoms with van der Waals surface area (Å²) in [6.45, 7) is 1.08. The van der Waals surface area contributed by atoms with E-state index in [0.717, 1.165) is 18.6 Å². The van der Waals surface area contributed by atoms with Gasteiger partial charge < -0.3 is 14.4 Å². The van der Waals surface area contributed by atoms with Crippen LogP contribution in [0.15, 0.2) is 43.1 Å². The Morgan fingerprint density at radius 2 is 2.21 bits per heavy atom. The number of ether oxygens (including phenoxy) is 2. The standard InChI is InChI=1S/C17H18N4O3/c22-17(13-5-7-19-11-20-13)21-8-9-23-16-14(21)3-4-15(16)24-12-2-1-6-18-10-12/h1-2,5-7,10-11,14-16H,3-4,8-9H2/t14-,15+,16+/m0/s1. The van der Waals surface area contributed by atoms with Gasteiger partial charge in [0.15, 0.2) is 0 Å². The Morgan fingerprint density at radius 1 is 1.25 bits per heavy atom. The molecule has 3 atom stereocenters. The Balaban J connectivity index is 1.49. The first-order chi connectivity index (χ1) is 11.8. The van der Waals surface area contributed by atoms with Crippen LogP contribution in [-0.4, -0.2) is 57.2 Å². The quantitative estimate of drug-likeness (QED) is 0.847. The molecule has 2 aliphatic rings. The van der Waals surface area contributed by atoms with Gasteiger partial charge in [-0.2, -0.15) is 0 Å². The van der Waals surface area contributed by atoms with E-state index < -0.39 is 0 Å². The largest absolute Gasteiger partial charge is 0.486 e. The Morgan fingerprint density at radius 3 is 3.00 bits per heavy atom. The van der Waals surface area contributed by atoms with Crippen LogP contribution in [0.4, 0.5) is 0 Å². The maximum Gasteiger partial charge on any atom is 0.272 e. The molecule has 1 saturated carbocycles. The summed E-state index contributed by atoms with van der Waals surface area (Å²) in [5, 5.41) is 0. The number of carbonyl (C=O) groups is 1. The molecule has 124 valence electrons. The van der Waals surface area contributed by atoms with Gasteiger partial charge in [0.2, 0.25) is 0 Å². The molecule has 3 heterocycles. The molecule has 2 fully saturated rings. The molecule has 0 spiro atoms. The summed E-state index contributed by atoms with van der Waals surface area (Å²) in [5.41, 5.74) is 0.419. The predicted molar refractivity (Wildman–Crippen MR) is 84.5 cm³/mol. The van der Waals surface area contributed by atoms with E-state index in [4.69, 9.17) is 9.47 Å². The molecule has 24 heavy (non-hydrogen) atoms. The monoisotopic (exact) mass is 326 g/mol. The van der Waals surface area contributed by atoms with Gasteiger partial charge in [0.05, 0.1) is 18.8 Å². The van der Waals surface area contributed by atoms with Crippen LogP contribution >= 0.6 is 0 Å². The third-order valence-corrected chi connectivity index (χ3v) is 4.52. The number of fused-ring (bicyclic) bond motifs is 1. The van der Waals surface area contributed by atoms with Crippen LogP contribution in [0, 0.1) is 0 Å². The smallest absolute Gasteiger partial charge is 0.272 e. The number of morpholine rings is 1. The van der Waals surface area contributed by atoms with Crippen LogP contribution in [0.25, 0.3) is 0 Å². The molecule has 2 aromatic rings. The number of pyridine rings is 1. The minimum atomic E-state index is -0.121. The van der Waals surface area contributed by atoms with Gasteiger partial charge in [0.1, 0.15) is 30.0 Å². The predicted octanol–water partition coefficient (Wildman–Crippen LogP) is 1.32. The fourth-order valence-corrected chi connectivity index (χ4v) is 3.45. The van der Waals surface area contributed by atoms with Gasteiger partial charge in [0, 0.05) is 18.9 Å². The average molecular weight is 326 g/mol. The van der Waals surface area contributed by atoms with Crippen LogP contribution in [0.2, 0.25) is 0 Å². The zero-order valence-electron chi connectivity index (χ0n) is 13.1. The van der Waals surface area contributed by atoms with E-state index in [2.05, 4.69) is 15.0 Å². The van der Waals surface area contributed by atoms with Gasteiger partial charge in [0.25, 0.3) is 5.91 Å². The minimum absolute atomic E-state index is 0.0166. The third-order valence-electron chi connectivity index (χ3n) is 4.52. The van der Waals surface area contributed by atoms with Crippen molar-refractivity contribution in [3.63, 3.8) is 0 Å². The van der Waals surface area contributed by atoms with Crippen molar-refractivity contribution in [1.82, 2.24) is 19.9 Å². The van der Waals surface area contributed by atoms with Gasteiger partial charge in [-0.05, 0) is 31.0 Å².